The van der Waals surface area contributed by atoms with E-state index in [-0.39, 0.29) is 54.3 Å². The van der Waals surface area contributed by atoms with Crippen LogP contribution in [-0.2, 0) is 17.9 Å². The van der Waals surface area contributed by atoms with Crippen molar-refractivity contribution >= 4 is 35.8 Å². The zero-order chi connectivity index (χ0) is 23.2. The van der Waals surface area contributed by atoms with Gasteiger partial charge in [0.1, 0.15) is 0 Å². The van der Waals surface area contributed by atoms with Gasteiger partial charge in [0.2, 0.25) is 5.91 Å². The molecular weight excluding hydrogens is 545 g/mol. The molecule has 0 bridgehead atoms. The number of alkyl halides is 2. The van der Waals surface area contributed by atoms with Crippen molar-refractivity contribution in [1.29, 1.82) is 0 Å². The highest BCUT2D eigenvalue weighted by Gasteiger charge is 2.15. The molecule has 0 aliphatic carbocycles. The molecule has 0 fully saturated rings. The summed E-state index contributed by atoms with van der Waals surface area (Å²) >= 11 is 0. The first-order chi connectivity index (χ1) is 15.5. The molecule has 10 heteroatoms. The largest absolute Gasteiger partial charge is 0.490 e. The molecule has 182 valence electrons. The molecule has 0 spiro atoms. The first-order valence-electron chi connectivity index (χ1n) is 10.6. The molecule has 2 aromatic rings. The van der Waals surface area contributed by atoms with Gasteiger partial charge < -0.3 is 25.4 Å². The molecule has 33 heavy (non-hydrogen) atoms. The number of carbonyl (C=O) groups excluding carboxylic acids is 1. The molecule has 1 amide bonds. The lowest BCUT2D eigenvalue weighted by atomic mass is 10.2. The Morgan fingerprint density at radius 3 is 2.45 bits per heavy atom. The molecule has 7 nitrogen and oxygen atoms in total. The van der Waals surface area contributed by atoms with Crippen LogP contribution in [0.3, 0.4) is 0 Å². The summed E-state index contributed by atoms with van der Waals surface area (Å²) in [5.74, 6) is 0.597. The zero-order valence-corrected chi connectivity index (χ0v) is 21.1. The quantitative estimate of drug-likeness (QED) is 0.202. The minimum Gasteiger partial charge on any atom is -0.490 e. The average molecular weight is 576 g/mol. The maximum absolute atomic E-state index is 12.9. The number of guanidine groups is 1. The number of halogens is 3. The van der Waals surface area contributed by atoms with Gasteiger partial charge in [0.05, 0.1) is 13.2 Å². The number of para-hydroxylation sites is 1. The predicted molar refractivity (Wildman–Crippen MR) is 135 cm³/mol. The van der Waals surface area contributed by atoms with Gasteiger partial charge >= 0.3 is 6.61 Å². The Morgan fingerprint density at radius 2 is 1.79 bits per heavy atom. The summed E-state index contributed by atoms with van der Waals surface area (Å²) < 4.78 is 35.8. The lowest BCUT2D eigenvalue weighted by molar-refractivity contribution is -0.121. The van der Waals surface area contributed by atoms with E-state index in [2.05, 4.69) is 25.7 Å². The van der Waals surface area contributed by atoms with E-state index >= 15 is 0 Å². The second-order valence-electron chi connectivity index (χ2n) is 6.69. The Bertz CT molecular complexity index is 870. The second kappa shape index (κ2) is 16.1. The van der Waals surface area contributed by atoms with Gasteiger partial charge in [-0.1, -0.05) is 42.5 Å². The summed E-state index contributed by atoms with van der Waals surface area (Å²) in [5.41, 5.74) is 1.49. The van der Waals surface area contributed by atoms with Crippen molar-refractivity contribution in [1.82, 2.24) is 16.0 Å². The number of ether oxygens (including phenoxy) is 2. The molecule has 2 rings (SSSR count). The third-order valence-electron chi connectivity index (χ3n) is 4.30. The summed E-state index contributed by atoms with van der Waals surface area (Å²) in [5, 5.41) is 9.01. The summed E-state index contributed by atoms with van der Waals surface area (Å²) in [4.78, 5) is 16.5. The normalized spacial score (nSPS) is 10.9. The van der Waals surface area contributed by atoms with Crippen LogP contribution >= 0.6 is 24.0 Å². The van der Waals surface area contributed by atoms with Crippen molar-refractivity contribution < 1.29 is 23.0 Å². The van der Waals surface area contributed by atoms with Gasteiger partial charge in [-0.15, -0.1) is 24.0 Å². The molecule has 0 saturated carbocycles. The number of hydrogen-bond acceptors (Lipinski definition) is 4. The van der Waals surface area contributed by atoms with Gasteiger partial charge in [-0.2, -0.15) is 8.78 Å². The highest BCUT2D eigenvalue weighted by molar-refractivity contribution is 14.0. The molecule has 0 unspecified atom stereocenters. The summed E-state index contributed by atoms with van der Waals surface area (Å²) in [6.07, 6.45) is 0.261. The lowest BCUT2D eigenvalue weighted by Gasteiger charge is -2.15. The van der Waals surface area contributed by atoms with Crippen LogP contribution in [-0.4, -0.2) is 38.2 Å². The van der Waals surface area contributed by atoms with Crippen LogP contribution in [0.4, 0.5) is 8.78 Å². The number of hydrogen-bond donors (Lipinski definition) is 3. The topological polar surface area (TPSA) is 84.0 Å². The van der Waals surface area contributed by atoms with Crippen molar-refractivity contribution in [2.24, 2.45) is 4.99 Å². The van der Waals surface area contributed by atoms with Crippen LogP contribution in [0.1, 0.15) is 31.4 Å². The van der Waals surface area contributed by atoms with Crippen molar-refractivity contribution in [3.63, 3.8) is 0 Å². The standard InChI is InChI=1S/C23H30F2N4O3.HI/c1-3-26-23(27-14-13-20(30)28-15-17-9-6-5-7-10-17)29-16-18-11-8-12-19(31-4-2)21(18)32-22(24)25;/h5-12,22H,3-4,13-16H2,1-2H3,(H,28,30)(H2,26,27,29);1H. The first-order valence-corrected chi connectivity index (χ1v) is 10.6. The molecule has 0 atom stereocenters. The van der Waals surface area contributed by atoms with Crippen molar-refractivity contribution in [3.8, 4) is 11.5 Å². The first kappa shape index (κ1) is 28.4. The number of amides is 1. The highest BCUT2D eigenvalue weighted by Crippen LogP contribution is 2.33. The molecule has 2 aromatic carbocycles. The molecule has 0 heterocycles. The Hall–Kier alpha value is -2.63. The number of benzene rings is 2. The van der Waals surface area contributed by atoms with Gasteiger partial charge in [0, 0.05) is 31.6 Å². The van der Waals surface area contributed by atoms with Crippen LogP contribution < -0.4 is 25.4 Å². The Labute approximate surface area is 210 Å². The van der Waals surface area contributed by atoms with Crippen LogP contribution in [0, 0.1) is 0 Å². The molecule has 0 aromatic heterocycles. The molecule has 0 radical (unpaired) electrons. The Morgan fingerprint density at radius 1 is 1.03 bits per heavy atom. The summed E-state index contributed by atoms with van der Waals surface area (Å²) in [6.45, 7) is 2.56. The number of carbonyl (C=O) groups is 1. The van der Waals surface area contributed by atoms with Crippen LogP contribution in [0.2, 0.25) is 0 Å². The number of nitrogens with one attached hydrogen (secondary N) is 3. The average Bonchev–Trinajstić information content (AvgIpc) is 2.78. The van der Waals surface area contributed by atoms with Gasteiger partial charge in [-0.25, -0.2) is 4.99 Å². The van der Waals surface area contributed by atoms with Crippen molar-refractivity contribution in [3.05, 3.63) is 59.7 Å². The lowest BCUT2D eigenvalue weighted by Crippen LogP contribution is -2.39. The fraction of sp³-hybridized carbons (Fsp3) is 0.391. The smallest absolute Gasteiger partial charge is 0.387 e. The van der Waals surface area contributed by atoms with Gasteiger partial charge in [0.15, 0.2) is 17.5 Å². The third-order valence-corrected chi connectivity index (χ3v) is 4.30. The van der Waals surface area contributed by atoms with E-state index in [1.54, 1.807) is 25.1 Å². The van der Waals surface area contributed by atoms with Gasteiger partial charge in [-0.3, -0.25) is 4.79 Å². The predicted octanol–water partition coefficient (Wildman–Crippen LogP) is 4.07. The maximum Gasteiger partial charge on any atom is 0.387 e. The van der Waals surface area contributed by atoms with E-state index in [4.69, 9.17) is 4.74 Å². The van der Waals surface area contributed by atoms with E-state index in [0.29, 0.717) is 37.8 Å². The van der Waals surface area contributed by atoms with E-state index in [0.717, 1.165) is 5.56 Å². The Kier molecular flexibility index (Phi) is 13.8. The second-order valence-corrected chi connectivity index (χ2v) is 6.69. The van der Waals surface area contributed by atoms with Crippen LogP contribution in [0.15, 0.2) is 53.5 Å². The van der Waals surface area contributed by atoms with Crippen molar-refractivity contribution in [2.45, 2.75) is 40.0 Å². The SMILES string of the molecule is CCNC(=NCc1cccc(OCC)c1OC(F)F)NCCC(=O)NCc1ccccc1.I. The number of aliphatic imine (C=N–C) groups is 1. The highest BCUT2D eigenvalue weighted by atomic mass is 127. The number of rotatable bonds is 12. The number of nitrogens with zero attached hydrogens (tertiary/aromatic N) is 1. The zero-order valence-electron chi connectivity index (χ0n) is 18.8. The van der Waals surface area contributed by atoms with E-state index in [1.165, 1.54) is 0 Å². The fourth-order valence-corrected chi connectivity index (χ4v) is 2.86. The van der Waals surface area contributed by atoms with E-state index < -0.39 is 6.61 Å². The van der Waals surface area contributed by atoms with Crippen LogP contribution in [0.25, 0.3) is 0 Å². The monoisotopic (exact) mass is 576 g/mol. The molecule has 0 saturated heterocycles. The van der Waals surface area contributed by atoms with E-state index in [9.17, 15) is 13.6 Å². The minimum absolute atomic E-state index is 0. The van der Waals surface area contributed by atoms with Crippen molar-refractivity contribution in [2.75, 3.05) is 19.7 Å². The van der Waals surface area contributed by atoms with Gasteiger partial charge in [0.25, 0.3) is 0 Å². The van der Waals surface area contributed by atoms with Crippen LogP contribution in [0.5, 0.6) is 11.5 Å². The van der Waals surface area contributed by atoms with E-state index in [1.807, 2.05) is 37.3 Å². The summed E-state index contributed by atoms with van der Waals surface area (Å²) in [7, 11) is 0. The molecule has 0 aliphatic rings. The molecular formula is C23H31F2IN4O3. The summed E-state index contributed by atoms with van der Waals surface area (Å²) in [6, 6.07) is 14.6. The molecule has 0 aliphatic heterocycles. The molecule has 3 N–H and O–H groups in total. The fourth-order valence-electron chi connectivity index (χ4n) is 2.86. The Balaban J connectivity index is 0.00000544. The van der Waals surface area contributed by atoms with Gasteiger partial charge in [-0.05, 0) is 25.5 Å². The minimum atomic E-state index is -2.97. The maximum atomic E-state index is 12.9. The third kappa shape index (κ3) is 10.7.